The number of nitrogens with zero attached hydrogens (tertiary/aromatic N) is 2. The third kappa shape index (κ3) is 2.40. The second kappa shape index (κ2) is 6.72. The van der Waals surface area contributed by atoms with E-state index < -0.39 is 0 Å². The Morgan fingerprint density at radius 3 is 2.34 bits per heavy atom. The summed E-state index contributed by atoms with van der Waals surface area (Å²) in [7, 11) is 0. The first-order chi connectivity index (χ1) is 15.8. The zero-order valence-electron chi connectivity index (χ0n) is 17.7. The maximum Gasteiger partial charge on any atom is 0.114 e. The average molecular weight is 429 g/mol. The van der Waals surface area contributed by atoms with Crippen molar-refractivity contribution in [3.8, 4) is 16.8 Å². The van der Waals surface area contributed by atoms with Gasteiger partial charge in [0.25, 0.3) is 0 Å². The Labute approximate surface area is 190 Å². The molecule has 0 N–H and O–H groups in total. The summed E-state index contributed by atoms with van der Waals surface area (Å²) in [4.78, 5) is 7.56. The summed E-state index contributed by atoms with van der Waals surface area (Å²) in [5, 5.41) is 5.16. The maximum absolute atomic E-state index is 5.00. The van der Waals surface area contributed by atoms with Crippen LogP contribution in [0, 0.1) is 0 Å². The average Bonchev–Trinajstić information content (AvgIpc) is 3.23. The Hall–Kier alpha value is -3.56. The summed E-state index contributed by atoms with van der Waals surface area (Å²) in [5.41, 5.74) is 6.12. The molecule has 1 aliphatic rings. The van der Waals surface area contributed by atoms with Crippen LogP contribution in [-0.4, -0.2) is 9.55 Å². The van der Waals surface area contributed by atoms with E-state index in [4.69, 9.17) is 4.98 Å². The SMILES string of the molecule is CCc1nc2cccc3c2n1-c1c(cccc1-c1cc2ccccc2c2ccccc12)S3. The van der Waals surface area contributed by atoms with Crippen molar-refractivity contribution in [2.45, 2.75) is 23.1 Å². The molecule has 0 atom stereocenters. The standard InChI is InChI=1S/C29H20N2S/c1-2-27-30-24-14-8-16-26-29(24)31(27)28-22(13-7-15-25(28)32-26)23-17-18-9-3-4-10-19(18)20-11-5-6-12-21(20)23/h3-17H,2H2,1H3. The number of imidazole rings is 1. The Kier molecular flexibility index (Phi) is 3.79. The van der Waals surface area contributed by atoms with Gasteiger partial charge in [0.1, 0.15) is 5.82 Å². The van der Waals surface area contributed by atoms with Crippen LogP contribution in [0.2, 0.25) is 0 Å². The fraction of sp³-hybridized carbons (Fsp3) is 0.0690. The Morgan fingerprint density at radius 1 is 0.719 bits per heavy atom. The van der Waals surface area contributed by atoms with Crippen molar-refractivity contribution in [3.63, 3.8) is 0 Å². The molecule has 0 unspecified atom stereocenters. The van der Waals surface area contributed by atoms with Gasteiger partial charge in [-0.2, -0.15) is 0 Å². The van der Waals surface area contributed by atoms with Crippen LogP contribution < -0.4 is 0 Å². The van der Waals surface area contributed by atoms with Crippen molar-refractivity contribution in [2.24, 2.45) is 0 Å². The molecule has 0 spiro atoms. The lowest BCUT2D eigenvalue weighted by molar-refractivity contribution is 0.889. The number of fused-ring (bicyclic) bond motifs is 5. The van der Waals surface area contributed by atoms with Crippen LogP contribution >= 0.6 is 11.8 Å². The molecule has 2 nitrogen and oxygen atoms in total. The first-order valence-corrected chi connectivity index (χ1v) is 11.9. The lowest BCUT2D eigenvalue weighted by atomic mass is 9.92. The van der Waals surface area contributed by atoms with E-state index in [0.717, 1.165) is 17.8 Å². The smallest absolute Gasteiger partial charge is 0.114 e. The van der Waals surface area contributed by atoms with Gasteiger partial charge in [-0.25, -0.2) is 4.98 Å². The van der Waals surface area contributed by atoms with Crippen molar-refractivity contribution in [1.29, 1.82) is 0 Å². The quantitative estimate of drug-likeness (QED) is 0.259. The third-order valence-electron chi connectivity index (χ3n) is 6.53. The molecule has 1 aromatic heterocycles. The lowest BCUT2D eigenvalue weighted by Gasteiger charge is -2.24. The van der Waals surface area contributed by atoms with Gasteiger partial charge in [0, 0.05) is 21.8 Å². The van der Waals surface area contributed by atoms with Crippen LogP contribution in [0.25, 0.3) is 49.4 Å². The van der Waals surface area contributed by atoms with Crippen molar-refractivity contribution in [1.82, 2.24) is 9.55 Å². The summed E-state index contributed by atoms with van der Waals surface area (Å²) in [6.45, 7) is 2.19. The van der Waals surface area contributed by atoms with Gasteiger partial charge >= 0.3 is 0 Å². The Morgan fingerprint density at radius 2 is 1.47 bits per heavy atom. The molecule has 152 valence electrons. The first-order valence-electron chi connectivity index (χ1n) is 11.1. The molecule has 2 heterocycles. The van der Waals surface area contributed by atoms with Crippen molar-refractivity contribution in [2.75, 3.05) is 0 Å². The van der Waals surface area contributed by atoms with Gasteiger partial charge in [0.15, 0.2) is 0 Å². The molecule has 32 heavy (non-hydrogen) atoms. The van der Waals surface area contributed by atoms with E-state index in [1.165, 1.54) is 53.7 Å². The highest BCUT2D eigenvalue weighted by Crippen LogP contribution is 2.48. The molecule has 7 rings (SSSR count). The lowest BCUT2D eigenvalue weighted by Crippen LogP contribution is -2.07. The number of rotatable bonds is 2. The molecule has 0 saturated carbocycles. The van der Waals surface area contributed by atoms with E-state index in [2.05, 4.69) is 102 Å². The summed E-state index contributed by atoms with van der Waals surface area (Å²) >= 11 is 1.86. The van der Waals surface area contributed by atoms with E-state index in [-0.39, 0.29) is 0 Å². The molecule has 0 fully saturated rings. The second-order valence-electron chi connectivity index (χ2n) is 8.29. The van der Waals surface area contributed by atoms with Crippen LogP contribution in [0.3, 0.4) is 0 Å². The predicted molar refractivity (Wildman–Crippen MR) is 135 cm³/mol. The minimum absolute atomic E-state index is 0.894. The van der Waals surface area contributed by atoms with Crippen LogP contribution in [0.1, 0.15) is 12.7 Å². The largest absolute Gasteiger partial charge is 0.293 e. The number of hydrogen-bond acceptors (Lipinski definition) is 2. The fourth-order valence-electron chi connectivity index (χ4n) is 5.15. The molecule has 3 heteroatoms. The highest BCUT2D eigenvalue weighted by atomic mass is 32.2. The van der Waals surface area contributed by atoms with E-state index in [1.54, 1.807) is 0 Å². The topological polar surface area (TPSA) is 17.8 Å². The molecule has 6 aromatic rings. The van der Waals surface area contributed by atoms with Crippen LogP contribution in [0.4, 0.5) is 0 Å². The molecule has 0 radical (unpaired) electrons. The molecular weight excluding hydrogens is 408 g/mol. The molecule has 5 aromatic carbocycles. The molecule has 1 aliphatic heterocycles. The zero-order valence-corrected chi connectivity index (χ0v) is 18.5. The minimum Gasteiger partial charge on any atom is -0.293 e. The highest BCUT2D eigenvalue weighted by Gasteiger charge is 2.26. The van der Waals surface area contributed by atoms with Gasteiger partial charge in [-0.1, -0.05) is 85.4 Å². The van der Waals surface area contributed by atoms with E-state index in [0.29, 0.717) is 0 Å². The third-order valence-corrected chi connectivity index (χ3v) is 7.62. The van der Waals surface area contributed by atoms with Crippen LogP contribution in [0.5, 0.6) is 0 Å². The van der Waals surface area contributed by atoms with E-state index in [1.807, 2.05) is 11.8 Å². The van der Waals surface area contributed by atoms with Gasteiger partial charge in [-0.15, -0.1) is 0 Å². The summed E-state index contributed by atoms with van der Waals surface area (Å²) < 4.78 is 2.41. The Balaban J connectivity index is 1.64. The summed E-state index contributed by atoms with van der Waals surface area (Å²) in [6.07, 6.45) is 0.894. The van der Waals surface area contributed by atoms with E-state index >= 15 is 0 Å². The molecule has 0 saturated heterocycles. The molecular formula is C29H20N2S. The first kappa shape index (κ1) is 18.1. The monoisotopic (exact) mass is 428 g/mol. The van der Waals surface area contributed by atoms with Crippen molar-refractivity contribution in [3.05, 3.63) is 96.8 Å². The fourth-order valence-corrected chi connectivity index (χ4v) is 6.27. The number of aromatic nitrogens is 2. The Bertz CT molecular complexity index is 1690. The summed E-state index contributed by atoms with van der Waals surface area (Å²) in [5.74, 6) is 1.12. The van der Waals surface area contributed by atoms with Gasteiger partial charge in [0.05, 0.1) is 16.7 Å². The van der Waals surface area contributed by atoms with Gasteiger partial charge in [-0.05, 0) is 51.4 Å². The highest BCUT2D eigenvalue weighted by molar-refractivity contribution is 7.99. The zero-order chi connectivity index (χ0) is 21.2. The predicted octanol–water partition coefficient (Wildman–Crippen LogP) is 8.03. The normalized spacial score (nSPS) is 12.5. The van der Waals surface area contributed by atoms with Crippen LogP contribution in [-0.2, 0) is 6.42 Å². The van der Waals surface area contributed by atoms with Gasteiger partial charge in [0.2, 0.25) is 0 Å². The van der Waals surface area contributed by atoms with Gasteiger partial charge in [-0.3, -0.25) is 4.57 Å². The van der Waals surface area contributed by atoms with Crippen molar-refractivity contribution < 1.29 is 0 Å². The number of para-hydroxylation sites is 2. The molecule has 0 bridgehead atoms. The number of aryl methyl sites for hydroxylation is 1. The van der Waals surface area contributed by atoms with E-state index in [9.17, 15) is 0 Å². The maximum atomic E-state index is 5.00. The molecule has 0 aliphatic carbocycles. The van der Waals surface area contributed by atoms with Crippen molar-refractivity contribution >= 4 is 44.3 Å². The van der Waals surface area contributed by atoms with Gasteiger partial charge < -0.3 is 0 Å². The minimum atomic E-state index is 0.894. The van der Waals surface area contributed by atoms with Crippen LogP contribution in [0.15, 0.2) is 101 Å². The summed E-state index contributed by atoms with van der Waals surface area (Å²) in [6, 6.07) is 33.0. The number of hydrogen-bond donors (Lipinski definition) is 0. The second-order valence-corrected chi connectivity index (χ2v) is 9.37. The number of benzene rings is 5. The molecule has 0 amide bonds.